The molecule has 0 aromatic heterocycles. The largest absolute Gasteiger partial charge is 0.504 e. The fourth-order valence-corrected chi connectivity index (χ4v) is 1.68. The van der Waals surface area contributed by atoms with E-state index in [-0.39, 0.29) is 12.4 Å². The predicted molar refractivity (Wildman–Crippen MR) is 51.7 cm³/mol. The lowest BCUT2D eigenvalue weighted by atomic mass is 9.91. The summed E-state index contributed by atoms with van der Waals surface area (Å²) >= 11 is 0. The van der Waals surface area contributed by atoms with E-state index in [0.29, 0.717) is 11.3 Å². The van der Waals surface area contributed by atoms with Crippen molar-refractivity contribution in [3.8, 4) is 11.5 Å². The van der Waals surface area contributed by atoms with Crippen molar-refractivity contribution in [2.24, 2.45) is 11.7 Å². The molecular weight excluding hydrogens is 198 g/mol. The van der Waals surface area contributed by atoms with Crippen molar-refractivity contribution >= 4 is 5.97 Å². The summed E-state index contributed by atoms with van der Waals surface area (Å²) < 4.78 is 5.19. The van der Waals surface area contributed by atoms with Gasteiger partial charge < -0.3 is 20.7 Å². The van der Waals surface area contributed by atoms with Crippen LogP contribution in [0.4, 0.5) is 0 Å². The summed E-state index contributed by atoms with van der Waals surface area (Å²) in [4.78, 5) is 10.8. The smallest absolute Gasteiger partial charge is 0.311 e. The van der Waals surface area contributed by atoms with Crippen molar-refractivity contribution in [3.05, 3.63) is 23.8 Å². The van der Waals surface area contributed by atoms with E-state index < -0.39 is 17.9 Å². The molecule has 4 N–H and O–H groups in total. The maximum atomic E-state index is 10.8. The molecule has 0 spiro atoms. The zero-order valence-electron chi connectivity index (χ0n) is 7.88. The third-order valence-corrected chi connectivity index (χ3v) is 2.54. The Labute approximate surface area is 86.1 Å². The second-order valence-corrected chi connectivity index (χ2v) is 3.48. The Bertz CT molecular complexity index is 404. The molecule has 0 amide bonds. The Hall–Kier alpha value is -1.75. The molecule has 0 fully saturated rings. The molecule has 0 saturated carbocycles. The second-order valence-electron chi connectivity index (χ2n) is 3.48. The second kappa shape index (κ2) is 3.43. The summed E-state index contributed by atoms with van der Waals surface area (Å²) in [7, 11) is 0. The van der Waals surface area contributed by atoms with Crippen LogP contribution in [-0.2, 0) is 4.79 Å². The Morgan fingerprint density at radius 3 is 2.93 bits per heavy atom. The van der Waals surface area contributed by atoms with E-state index in [1.807, 2.05) is 0 Å². The van der Waals surface area contributed by atoms with Crippen LogP contribution in [0.15, 0.2) is 18.2 Å². The number of aromatic hydroxyl groups is 1. The Morgan fingerprint density at radius 1 is 1.53 bits per heavy atom. The van der Waals surface area contributed by atoms with Crippen molar-refractivity contribution in [3.63, 3.8) is 0 Å². The van der Waals surface area contributed by atoms with Crippen molar-refractivity contribution in [2.45, 2.75) is 6.04 Å². The van der Waals surface area contributed by atoms with Crippen LogP contribution in [0.25, 0.3) is 0 Å². The van der Waals surface area contributed by atoms with Crippen molar-refractivity contribution in [1.29, 1.82) is 0 Å². The monoisotopic (exact) mass is 209 g/mol. The van der Waals surface area contributed by atoms with Gasteiger partial charge in [-0.1, -0.05) is 12.1 Å². The van der Waals surface area contributed by atoms with Gasteiger partial charge in [0.1, 0.15) is 12.5 Å². The van der Waals surface area contributed by atoms with Crippen molar-refractivity contribution < 1.29 is 19.7 Å². The van der Waals surface area contributed by atoms with Crippen molar-refractivity contribution in [2.75, 3.05) is 6.61 Å². The molecule has 2 atom stereocenters. The summed E-state index contributed by atoms with van der Waals surface area (Å²) in [6.45, 7) is -0.0128. The molecule has 80 valence electrons. The van der Waals surface area contributed by atoms with Crippen LogP contribution in [0.1, 0.15) is 11.6 Å². The molecule has 5 heteroatoms. The number of carbonyl (C=O) groups is 1. The topological polar surface area (TPSA) is 92.8 Å². The number of benzene rings is 1. The Morgan fingerprint density at radius 2 is 2.27 bits per heavy atom. The number of fused-ring (bicyclic) bond motifs is 1. The number of hydrogen-bond acceptors (Lipinski definition) is 4. The highest BCUT2D eigenvalue weighted by molar-refractivity contribution is 5.72. The van der Waals surface area contributed by atoms with E-state index in [2.05, 4.69) is 0 Å². The van der Waals surface area contributed by atoms with Gasteiger partial charge in [0.15, 0.2) is 11.5 Å². The summed E-state index contributed by atoms with van der Waals surface area (Å²) in [6.07, 6.45) is 0. The van der Waals surface area contributed by atoms with Gasteiger partial charge in [0.2, 0.25) is 0 Å². The highest BCUT2D eigenvalue weighted by Gasteiger charge is 2.34. The van der Waals surface area contributed by atoms with Gasteiger partial charge in [-0.2, -0.15) is 0 Å². The number of phenols is 1. The minimum atomic E-state index is -0.989. The van der Waals surface area contributed by atoms with E-state index in [9.17, 15) is 9.90 Å². The van der Waals surface area contributed by atoms with E-state index in [1.165, 1.54) is 6.07 Å². The number of rotatable bonds is 1. The third-order valence-electron chi connectivity index (χ3n) is 2.54. The zero-order valence-corrected chi connectivity index (χ0v) is 7.88. The van der Waals surface area contributed by atoms with Gasteiger partial charge in [0.05, 0.1) is 6.04 Å². The fraction of sp³-hybridized carbons (Fsp3) is 0.300. The average molecular weight is 209 g/mol. The lowest BCUT2D eigenvalue weighted by Crippen LogP contribution is -2.36. The summed E-state index contributed by atoms with van der Waals surface area (Å²) in [6, 6.07) is 4.11. The highest BCUT2D eigenvalue weighted by atomic mass is 16.5. The van der Waals surface area contributed by atoms with Gasteiger partial charge in [0, 0.05) is 5.56 Å². The van der Waals surface area contributed by atoms with Crippen LogP contribution in [0.5, 0.6) is 11.5 Å². The third kappa shape index (κ3) is 1.50. The molecule has 2 rings (SSSR count). The van der Waals surface area contributed by atoms with Gasteiger partial charge in [-0.25, -0.2) is 0 Å². The molecule has 2 unspecified atom stereocenters. The van der Waals surface area contributed by atoms with Crippen LogP contribution in [-0.4, -0.2) is 22.8 Å². The van der Waals surface area contributed by atoms with Crippen LogP contribution >= 0.6 is 0 Å². The first-order chi connectivity index (χ1) is 7.11. The van der Waals surface area contributed by atoms with Crippen LogP contribution < -0.4 is 10.5 Å². The number of carboxylic acids is 1. The van der Waals surface area contributed by atoms with Gasteiger partial charge in [0.25, 0.3) is 0 Å². The summed E-state index contributed by atoms with van der Waals surface area (Å²) in [5.41, 5.74) is 6.32. The predicted octanol–water partition coefficient (Wildman–Crippen LogP) is 0.485. The highest BCUT2D eigenvalue weighted by Crippen LogP contribution is 2.39. The number of aliphatic carboxylic acids is 1. The minimum absolute atomic E-state index is 0.00760. The molecule has 0 saturated heterocycles. The number of ether oxygens (including phenoxy) is 1. The van der Waals surface area contributed by atoms with Crippen LogP contribution in [0.2, 0.25) is 0 Å². The molecule has 1 aromatic carbocycles. The summed E-state index contributed by atoms with van der Waals surface area (Å²) in [5, 5.41) is 18.4. The molecule has 0 bridgehead atoms. The number of nitrogens with two attached hydrogens (primary N) is 1. The standard InChI is InChI=1S/C10H11NO4/c11-8-5-2-1-3-7(12)9(5)15-4-6(8)10(13)14/h1-3,6,8,12H,4,11H2,(H,13,14). The lowest BCUT2D eigenvalue weighted by Gasteiger charge is -2.28. The van der Waals surface area contributed by atoms with E-state index in [4.69, 9.17) is 15.6 Å². The molecule has 0 radical (unpaired) electrons. The maximum Gasteiger partial charge on any atom is 0.311 e. The number of para-hydroxylation sites is 1. The number of carboxylic acid groups (broad SMARTS) is 1. The number of phenolic OH excluding ortho intramolecular Hbond substituents is 1. The molecule has 1 aliphatic heterocycles. The lowest BCUT2D eigenvalue weighted by molar-refractivity contribution is -0.144. The molecule has 0 aliphatic carbocycles. The van der Waals surface area contributed by atoms with Crippen LogP contribution in [0, 0.1) is 5.92 Å². The molecule has 1 heterocycles. The molecular formula is C10H11NO4. The normalized spacial score (nSPS) is 24.1. The Kier molecular flexibility index (Phi) is 2.24. The number of hydrogen-bond donors (Lipinski definition) is 3. The van der Waals surface area contributed by atoms with E-state index in [1.54, 1.807) is 12.1 Å². The quantitative estimate of drug-likeness (QED) is 0.625. The maximum absolute atomic E-state index is 10.8. The zero-order chi connectivity index (χ0) is 11.0. The molecule has 5 nitrogen and oxygen atoms in total. The molecule has 1 aliphatic rings. The summed E-state index contributed by atoms with van der Waals surface area (Å²) in [5.74, 6) is -1.47. The first kappa shape index (κ1) is 9.79. The van der Waals surface area contributed by atoms with Gasteiger partial charge in [-0.3, -0.25) is 4.79 Å². The molecule has 1 aromatic rings. The van der Waals surface area contributed by atoms with Gasteiger partial charge >= 0.3 is 5.97 Å². The minimum Gasteiger partial charge on any atom is -0.504 e. The van der Waals surface area contributed by atoms with E-state index in [0.717, 1.165) is 0 Å². The van der Waals surface area contributed by atoms with Crippen LogP contribution in [0.3, 0.4) is 0 Å². The Balaban J connectivity index is 2.42. The SMILES string of the molecule is NC1c2cccc(O)c2OCC1C(=O)O. The van der Waals surface area contributed by atoms with Crippen molar-refractivity contribution in [1.82, 2.24) is 0 Å². The van der Waals surface area contributed by atoms with E-state index >= 15 is 0 Å². The van der Waals surface area contributed by atoms with Gasteiger partial charge in [-0.05, 0) is 6.07 Å². The molecule has 15 heavy (non-hydrogen) atoms. The first-order valence-electron chi connectivity index (χ1n) is 4.54. The first-order valence-corrected chi connectivity index (χ1v) is 4.54. The van der Waals surface area contributed by atoms with Gasteiger partial charge in [-0.15, -0.1) is 0 Å². The average Bonchev–Trinajstić information content (AvgIpc) is 2.19. The fourth-order valence-electron chi connectivity index (χ4n) is 1.68.